The molecule has 0 unspecified atom stereocenters. The van der Waals surface area contributed by atoms with Gasteiger partial charge in [0, 0.05) is 11.3 Å². The Balaban J connectivity index is 2.14. The summed E-state index contributed by atoms with van der Waals surface area (Å²) < 4.78 is 5.60. The number of rotatable bonds is 7. The zero-order valence-corrected chi connectivity index (χ0v) is 13.8. The fourth-order valence-corrected chi connectivity index (χ4v) is 2.15. The Hall–Kier alpha value is -2.82. The minimum atomic E-state index is -1.03. The number of hydrogen-bond donors (Lipinski definition) is 2. The summed E-state index contributed by atoms with van der Waals surface area (Å²) >= 11 is 0. The number of aryl methyl sites for hydroxylation is 1. The number of carboxylic acids is 1. The molecule has 0 aromatic heterocycles. The molecule has 0 aliphatic rings. The van der Waals surface area contributed by atoms with Crippen LogP contribution in [0.3, 0.4) is 0 Å². The van der Waals surface area contributed by atoms with E-state index in [0.717, 1.165) is 18.4 Å². The van der Waals surface area contributed by atoms with E-state index < -0.39 is 5.97 Å². The Morgan fingerprint density at radius 3 is 2.62 bits per heavy atom. The summed E-state index contributed by atoms with van der Waals surface area (Å²) in [4.78, 5) is 23.5. The van der Waals surface area contributed by atoms with Crippen LogP contribution in [0.15, 0.2) is 42.5 Å². The van der Waals surface area contributed by atoms with E-state index in [9.17, 15) is 9.59 Å². The van der Waals surface area contributed by atoms with Crippen molar-refractivity contribution in [2.75, 3.05) is 11.9 Å². The van der Waals surface area contributed by atoms with Gasteiger partial charge in [-0.25, -0.2) is 4.79 Å². The van der Waals surface area contributed by atoms with Gasteiger partial charge in [-0.1, -0.05) is 25.5 Å². The normalized spacial score (nSPS) is 10.2. The number of hydrogen-bond acceptors (Lipinski definition) is 3. The van der Waals surface area contributed by atoms with Crippen molar-refractivity contribution in [2.45, 2.75) is 26.7 Å². The summed E-state index contributed by atoms with van der Waals surface area (Å²) in [5, 5.41) is 11.8. The van der Waals surface area contributed by atoms with Crippen LogP contribution in [0.4, 0.5) is 5.69 Å². The van der Waals surface area contributed by atoms with Gasteiger partial charge in [-0.3, -0.25) is 4.79 Å². The van der Waals surface area contributed by atoms with E-state index in [4.69, 9.17) is 9.84 Å². The van der Waals surface area contributed by atoms with Gasteiger partial charge < -0.3 is 15.2 Å². The second-order valence-electron chi connectivity index (χ2n) is 5.52. The molecule has 0 fully saturated rings. The molecule has 0 spiro atoms. The Labute approximate surface area is 141 Å². The zero-order valence-electron chi connectivity index (χ0n) is 13.8. The number of amides is 1. The second-order valence-corrected chi connectivity index (χ2v) is 5.52. The van der Waals surface area contributed by atoms with Crippen LogP contribution >= 0.6 is 0 Å². The number of unbranched alkanes of at least 4 members (excludes halogenated alkanes) is 1. The lowest BCUT2D eigenvalue weighted by Gasteiger charge is -2.11. The molecule has 0 atom stereocenters. The number of anilines is 1. The molecule has 0 saturated carbocycles. The molecule has 0 bridgehead atoms. The molecule has 5 nitrogen and oxygen atoms in total. The van der Waals surface area contributed by atoms with E-state index in [1.807, 2.05) is 13.0 Å². The standard InChI is InChI=1S/C19H21NO4/c1-3-4-10-24-16-7-5-6-14(11-16)18(21)20-17-12-15(19(22)23)9-8-13(17)2/h5-9,11-12H,3-4,10H2,1-2H3,(H,20,21)(H,22,23). The number of carbonyl (C=O) groups excluding carboxylic acids is 1. The maximum atomic E-state index is 12.4. The monoisotopic (exact) mass is 327 g/mol. The van der Waals surface area contributed by atoms with Gasteiger partial charge in [-0.05, 0) is 49.2 Å². The van der Waals surface area contributed by atoms with Crippen LogP contribution in [-0.2, 0) is 0 Å². The Bertz CT molecular complexity index is 740. The predicted molar refractivity (Wildman–Crippen MR) is 92.9 cm³/mol. The van der Waals surface area contributed by atoms with Crippen LogP contribution < -0.4 is 10.1 Å². The maximum absolute atomic E-state index is 12.4. The Morgan fingerprint density at radius 2 is 1.92 bits per heavy atom. The van der Waals surface area contributed by atoms with Crippen molar-refractivity contribution < 1.29 is 19.4 Å². The van der Waals surface area contributed by atoms with Crippen LogP contribution in [0.2, 0.25) is 0 Å². The molecule has 0 aliphatic carbocycles. The van der Waals surface area contributed by atoms with E-state index in [1.165, 1.54) is 12.1 Å². The molecular weight excluding hydrogens is 306 g/mol. The molecule has 2 rings (SSSR count). The molecule has 0 heterocycles. The van der Waals surface area contributed by atoms with E-state index >= 15 is 0 Å². The van der Waals surface area contributed by atoms with Gasteiger partial charge in [0.25, 0.3) is 5.91 Å². The van der Waals surface area contributed by atoms with Crippen LogP contribution in [-0.4, -0.2) is 23.6 Å². The summed E-state index contributed by atoms with van der Waals surface area (Å²) in [6.07, 6.45) is 2.00. The summed E-state index contributed by atoms with van der Waals surface area (Å²) in [5.74, 6) is -0.689. The van der Waals surface area contributed by atoms with E-state index in [0.29, 0.717) is 23.6 Å². The second kappa shape index (κ2) is 8.15. The van der Waals surface area contributed by atoms with Gasteiger partial charge in [-0.2, -0.15) is 0 Å². The highest BCUT2D eigenvalue weighted by Crippen LogP contribution is 2.20. The summed E-state index contributed by atoms with van der Waals surface area (Å²) in [6.45, 7) is 4.51. The maximum Gasteiger partial charge on any atom is 0.335 e. The summed E-state index contributed by atoms with van der Waals surface area (Å²) in [7, 11) is 0. The van der Waals surface area contributed by atoms with Crippen molar-refractivity contribution in [3.63, 3.8) is 0 Å². The fraction of sp³-hybridized carbons (Fsp3) is 0.263. The van der Waals surface area contributed by atoms with Gasteiger partial charge in [-0.15, -0.1) is 0 Å². The van der Waals surface area contributed by atoms with Crippen molar-refractivity contribution in [3.05, 3.63) is 59.2 Å². The zero-order chi connectivity index (χ0) is 17.5. The minimum Gasteiger partial charge on any atom is -0.494 e. The van der Waals surface area contributed by atoms with Crippen LogP contribution in [0.1, 0.15) is 46.0 Å². The van der Waals surface area contributed by atoms with E-state index in [-0.39, 0.29) is 11.5 Å². The topological polar surface area (TPSA) is 75.6 Å². The lowest BCUT2D eigenvalue weighted by Crippen LogP contribution is -2.13. The molecule has 0 aliphatic heterocycles. The number of ether oxygens (including phenoxy) is 1. The van der Waals surface area contributed by atoms with E-state index in [1.54, 1.807) is 24.3 Å². The van der Waals surface area contributed by atoms with Gasteiger partial charge in [0.05, 0.1) is 12.2 Å². The first kappa shape index (κ1) is 17.5. The van der Waals surface area contributed by atoms with Crippen molar-refractivity contribution in [1.29, 1.82) is 0 Å². The highest BCUT2D eigenvalue weighted by molar-refractivity contribution is 6.05. The molecule has 5 heteroatoms. The summed E-state index contributed by atoms with van der Waals surface area (Å²) in [6, 6.07) is 11.6. The third-order valence-corrected chi connectivity index (χ3v) is 3.60. The number of nitrogens with one attached hydrogen (secondary N) is 1. The van der Waals surface area contributed by atoms with E-state index in [2.05, 4.69) is 12.2 Å². The van der Waals surface area contributed by atoms with Crippen molar-refractivity contribution in [1.82, 2.24) is 0 Å². The SMILES string of the molecule is CCCCOc1cccc(C(=O)Nc2cc(C(=O)O)ccc2C)c1. The third kappa shape index (κ3) is 4.59. The molecule has 0 saturated heterocycles. The van der Waals surface area contributed by atoms with Gasteiger partial charge in [0.2, 0.25) is 0 Å². The Morgan fingerprint density at radius 1 is 1.12 bits per heavy atom. The smallest absolute Gasteiger partial charge is 0.335 e. The first-order chi connectivity index (χ1) is 11.5. The molecule has 126 valence electrons. The van der Waals surface area contributed by atoms with Gasteiger partial charge >= 0.3 is 5.97 Å². The number of carboxylic acid groups (broad SMARTS) is 1. The average Bonchev–Trinajstić information content (AvgIpc) is 2.57. The van der Waals surface area contributed by atoms with Crippen molar-refractivity contribution >= 4 is 17.6 Å². The first-order valence-corrected chi connectivity index (χ1v) is 7.89. The lowest BCUT2D eigenvalue weighted by molar-refractivity contribution is 0.0696. The largest absolute Gasteiger partial charge is 0.494 e. The number of carbonyl (C=O) groups is 2. The highest BCUT2D eigenvalue weighted by Gasteiger charge is 2.11. The van der Waals surface area contributed by atoms with Gasteiger partial charge in [0.1, 0.15) is 5.75 Å². The number of aromatic carboxylic acids is 1. The fourth-order valence-electron chi connectivity index (χ4n) is 2.15. The molecule has 1 amide bonds. The van der Waals surface area contributed by atoms with Gasteiger partial charge in [0.15, 0.2) is 0 Å². The molecule has 2 aromatic carbocycles. The van der Waals surface area contributed by atoms with Crippen LogP contribution in [0, 0.1) is 6.92 Å². The van der Waals surface area contributed by atoms with Crippen LogP contribution in [0.25, 0.3) is 0 Å². The van der Waals surface area contributed by atoms with Crippen molar-refractivity contribution in [2.24, 2.45) is 0 Å². The van der Waals surface area contributed by atoms with Crippen molar-refractivity contribution in [3.8, 4) is 5.75 Å². The molecule has 2 N–H and O–H groups in total. The highest BCUT2D eigenvalue weighted by atomic mass is 16.5. The average molecular weight is 327 g/mol. The third-order valence-electron chi connectivity index (χ3n) is 3.60. The minimum absolute atomic E-state index is 0.132. The lowest BCUT2D eigenvalue weighted by atomic mass is 10.1. The van der Waals surface area contributed by atoms with Crippen LogP contribution in [0.5, 0.6) is 5.75 Å². The molecular formula is C19H21NO4. The molecule has 2 aromatic rings. The number of benzene rings is 2. The summed E-state index contributed by atoms with van der Waals surface area (Å²) in [5.41, 5.74) is 1.87. The molecule has 24 heavy (non-hydrogen) atoms. The predicted octanol–water partition coefficient (Wildman–Crippen LogP) is 4.12. The molecule has 0 radical (unpaired) electrons. The quantitative estimate of drug-likeness (QED) is 0.750. The first-order valence-electron chi connectivity index (χ1n) is 7.89. The Kier molecular flexibility index (Phi) is 5.95.